The maximum Gasteiger partial charge on any atom is 0.175 e. The third-order valence-electron chi connectivity index (χ3n) is 3.71. The van der Waals surface area contributed by atoms with Crippen LogP contribution in [0, 0.1) is 0 Å². The molecule has 1 aliphatic rings. The van der Waals surface area contributed by atoms with E-state index in [-0.39, 0.29) is 0 Å². The Balaban J connectivity index is 1.60. The van der Waals surface area contributed by atoms with Gasteiger partial charge < -0.3 is 9.47 Å². The van der Waals surface area contributed by atoms with Crippen molar-refractivity contribution in [1.29, 1.82) is 0 Å². The molecule has 1 aliphatic carbocycles. The summed E-state index contributed by atoms with van der Waals surface area (Å²) in [6.07, 6.45) is 5.89. The smallest absolute Gasteiger partial charge is 0.175 e. The van der Waals surface area contributed by atoms with Gasteiger partial charge in [-0.05, 0) is 11.1 Å². The van der Waals surface area contributed by atoms with Gasteiger partial charge in [-0.1, -0.05) is 72.8 Å². The van der Waals surface area contributed by atoms with Gasteiger partial charge >= 0.3 is 0 Å². The highest BCUT2D eigenvalue weighted by Gasteiger charge is 2.33. The second-order valence-electron chi connectivity index (χ2n) is 5.34. The van der Waals surface area contributed by atoms with Gasteiger partial charge in [0.2, 0.25) is 0 Å². The summed E-state index contributed by atoms with van der Waals surface area (Å²) in [5.41, 5.74) is 2.35. The summed E-state index contributed by atoms with van der Waals surface area (Å²) < 4.78 is 12.2. The molecule has 0 heterocycles. The van der Waals surface area contributed by atoms with Crippen molar-refractivity contribution in [1.82, 2.24) is 0 Å². The molecule has 0 radical (unpaired) electrons. The second kappa shape index (κ2) is 6.70. The first-order valence-electron chi connectivity index (χ1n) is 7.37. The lowest BCUT2D eigenvalue weighted by Crippen LogP contribution is -2.32. The first-order chi connectivity index (χ1) is 10.4. The Morgan fingerprint density at radius 3 is 1.52 bits per heavy atom. The van der Waals surface area contributed by atoms with E-state index < -0.39 is 5.79 Å². The average Bonchev–Trinajstić information content (AvgIpc) is 3.03. The van der Waals surface area contributed by atoms with Gasteiger partial charge in [0.05, 0.1) is 13.2 Å². The van der Waals surface area contributed by atoms with E-state index in [1.807, 2.05) is 36.4 Å². The summed E-state index contributed by atoms with van der Waals surface area (Å²) in [6, 6.07) is 20.5. The van der Waals surface area contributed by atoms with Crippen LogP contribution in [0.25, 0.3) is 0 Å². The summed E-state index contributed by atoms with van der Waals surface area (Å²) in [5.74, 6) is -0.508. The summed E-state index contributed by atoms with van der Waals surface area (Å²) in [7, 11) is 0. The van der Waals surface area contributed by atoms with Crippen molar-refractivity contribution in [2.75, 3.05) is 0 Å². The van der Waals surface area contributed by atoms with E-state index in [1.54, 1.807) is 0 Å². The topological polar surface area (TPSA) is 18.5 Å². The fraction of sp³-hybridized carbons (Fsp3) is 0.263. The molecule has 0 aromatic heterocycles. The van der Waals surface area contributed by atoms with Crippen molar-refractivity contribution in [3.63, 3.8) is 0 Å². The molecule has 0 bridgehead atoms. The van der Waals surface area contributed by atoms with Gasteiger partial charge in [-0.25, -0.2) is 0 Å². The number of rotatable bonds is 6. The first kappa shape index (κ1) is 14.1. The highest BCUT2D eigenvalue weighted by atomic mass is 16.7. The first-order valence-corrected chi connectivity index (χ1v) is 7.37. The molecule has 0 atom stereocenters. The predicted molar refractivity (Wildman–Crippen MR) is 83.6 cm³/mol. The molecule has 2 nitrogen and oxygen atoms in total. The van der Waals surface area contributed by atoms with Crippen molar-refractivity contribution < 1.29 is 9.47 Å². The molecule has 2 aromatic rings. The van der Waals surface area contributed by atoms with Crippen LogP contribution in [0.1, 0.15) is 24.0 Å². The average molecular weight is 280 g/mol. The fourth-order valence-electron chi connectivity index (χ4n) is 2.46. The van der Waals surface area contributed by atoms with Crippen LogP contribution in [0.5, 0.6) is 0 Å². The van der Waals surface area contributed by atoms with Crippen molar-refractivity contribution in [3.05, 3.63) is 83.9 Å². The normalized spacial score (nSPS) is 16.2. The second-order valence-corrected chi connectivity index (χ2v) is 5.34. The van der Waals surface area contributed by atoms with E-state index >= 15 is 0 Å². The van der Waals surface area contributed by atoms with Gasteiger partial charge in [-0.2, -0.15) is 0 Å². The van der Waals surface area contributed by atoms with Crippen LogP contribution in [0.2, 0.25) is 0 Å². The molecule has 0 aliphatic heterocycles. The maximum atomic E-state index is 6.11. The van der Waals surface area contributed by atoms with Gasteiger partial charge in [-0.15, -0.1) is 0 Å². The fourth-order valence-corrected chi connectivity index (χ4v) is 2.46. The summed E-state index contributed by atoms with van der Waals surface area (Å²) in [4.78, 5) is 0. The molecule has 0 saturated carbocycles. The van der Waals surface area contributed by atoms with Gasteiger partial charge in [0.1, 0.15) is 0 Å². The molecule has 2 heteroatoms. The molecule has 0 N–H and O–H groups in total. The zero-order valence-electron chi connectivity index (χ0n) is 12.1. The molecular formula is C19H20O2. The Bertz CT molecular complexity index is 522. The standard InChI is InChI=1S/C19H20O2/c1-3-9-17(10-4-1)15-20-19(13-7-8-14-19)21-16-18-11-5-2-6-12-18/h1-12H,13-16H2. The Kier molecular flexibility index (Phi) is 4.49. The molecule has 0 fully saturated rings. The third kappa shape index (κ3) is 3.81. The maximum absolute atomic E-state index is 6.11. The number of hydrogen-bond donors (Lipinski definition) is 0. The SMILES string of the molecule is C1=CCC(OCc2ccccc2)(OCc2ccccc2)C1. The van der Waals surface area contributed by atoms with Crippen molar-refractivity contribution >= 4 is 0 Å². The van der Waals surface area contributed by atoms with Crippen LogP contribution >= 0.6 is 0 Å². The third-order valence-corrected chi connectivity index (χ3v) is 3.71. The number of benzene rings is 2. The minimum Gasteiger partial charge on any atom is -0.345 e. The Morgan fingerprint density at radius 2 is 1.10 bits per heavy atom. The lowest BCUT2D eigenvalue weighted by molar-refractivity contribution is -0.242. The molecule has 108 valence electrons. The molecule has 0 amide bonds. The molecule has 0 saturated heterocycles. The van der Waals surface area contributed by atoms with Crippen LogP contribution in [-0.2, 0) is 22.7 Å². The summed E-state index contributed by atoms with van der Waals surface area (Å²) >= 11 is 0. The lowest BCUT2D eigenvalue weighted by Gasteiger charge is -2.29. The monoisotopic (exact) mass is 280 g/mol. The Morgan fingerprint density at radius 1 is 0.667 bits per heavy atom. The molecule has 0 spiro atoms. The minimum absolute atomic E-state index is 0.508. The zero-order chi connectivity index (χ0) is 14.4. The van der Waals surface area contributed by atoms with Crippen LogP contribution in [0.15, 0.2) is 72.8 Å². The molecule has 0 unspecified atom stereocenters. The van der Waals surface area contributed by atoms with Crippen molar-refractivity contribution in [2.45, 2.75) is 31.8 Å². The van der Waals surface area contributed by atoms with E-state index in [9.17, 15) is 0 Å². The highest BCUT2D eigenvalue weighted by Crippen LogP contribution is 2.31. The van der Waals surface area contributed by atoms with Crippen molar-refractivity contribution in [3.8, 4) is 0 Å². The number of ether oxygens (including phenoxy) is 2. The zero-order valence-corrected chi connectivity index (χ0v) is 12.1. The highest BCUT2D eigenvalue weighted by molar-refractivity contribution is 5.15. The largest absolute Gasteiger partial charge is 0.345 e. The molecule has 2 aromatic carbocycles. The van der Waals surface area contributed by atoms with E-state index in [0.29, 0.717) is 13.2 Å². The minimum atomic E-state index is -0.508. The lowest BCUT2D eigenvalue weighted by atomic mass is 10.2. The summed E-state index contributed by atoms with van der Waals surface area (Å²) in [6.45, 7) is 1.16. The van der Waals surface area contributed by atoms with Crippen LogP contribution in [0.4, 0.5) is 0 Å². The van der Waals surface area contributed by atoms with E-state index in [1.165, 1.54) is 11.1 Å². The van der Waals surface area contributed by atoms with Gasteiger partial charge in [0.15, 0.2) is 5.79 Å². The van der Waals surface area contributed by atoms with E-state index in [4.69, 9.17) is 9.47 Å². The van der Waals surface area contributed by atoms with E-state index in [2.05, 4.69) is 36.4 Å². The van der Waals surface area contributed by atoms with Crippen LogP contribution in [0.3, 0.4) is 0 Å². The van der Waals surface area contributed by atoms with Gasteiger partial charge in [-0.3, -0.25) is 0 Å². The van der Waals surface area contributed by atoms with E-state index in [0.717, 1.165) is 12.8 Å². The molecule has 21 heavy (non-hydrogen) atoms. The van der Waals surface area contributed by atoms with Gasteiger partial charge in [0, 0.05) is 12.8 Å². The van der Waals surface area contributed by atoms with Gasteiger partial charge in [0.25, 0.3) is 0 Å². The molecular weight excluding hydrogens is 260 g/mol. The Hall–Kier alpha value is -1.90. The summed E-state index contributed by atoms with van der Waals surface area (Å²) in [5, 5.41) is 0. The predicted octanol–water partition coefficient (Wildman–Crippen LogP) is 4.47. The van der Waals surface area contributed by atoms with Crippen LogP contribution in [-0.4, -0.2) is 5.79 Å². The quantitative estimate of drug-likeness (QED) is 0.574. The number of hydrogen-bond acceptors (Lipinski definition) is 2. The van der Waals surface area contributed by atoms with Crippen molar-refractivity contribution in [2.24, 2.45) is 0 Å². The Labute approximate surface area is 126 Å². The van der Waals surface area contributed by atoms with Crippen LogP contribution < -0.4 is 0 Å². The molecule has 3 rings (SSSR count).